The largest absolute Gasteiger partial charge is 0.361 e. The lowest BCUT2D eigenvalue weighted by Crippen LogP contribution is -2.26. The first-order valence-electron chi connectivity index (χ1n) is 7.46. The van der Waals surface area contributed by atoms with Crippen LogP contribution in [-0.2, 0) is 6.54 Å². The smallest absolute Gasteiger partial charge is 0.259 e. The average molecular weight is 306 g/mol. The summed E-state index contributed by atoms with van der Waals surface area (Å²) in [4.78, 5) is 14.0. The highest BCUT2D eigenvalue weighted by molar-refractivity contribution is 5.94. The van der Waals surface area contributed by atoms with Crippen LogP contribution in [-0.4, -0.2) is 23.0 Å². The van der Waals surface area contributed by atoms with Crippen molar-refractivity contribution < 1.29 is 9.32 Å². The van der Waals surface area contributed by atoms with Gasteiger partial charge in [-0.1, -0.05) is 59.8 Å². The van der Waals surface area contributed by atoms with Gasteiger partial charge in [-0.05, 0) is 23.6 Å². The summed E-state index contributed by atoms with van der Waals surface area (Å²) in [5.74, 6) is 0.456. The lowest BCUT2D eigenvalue weighted by molar-refractivity contribution is 0.0783. The van der Waals surface area contributed by atoms with Gasteiger partial charge in [-0.15, -0.1) is 0 Å². The predicted octanol–water partition coefficient (Wildman–Crippen LogP) is 3.92. The number of aromatic nitrogens is 1. The van der Waals surface area contributed by atoms with E-state index in [0.29, 0.717) is 17.9 Å². The van der Waals surface area contributed by atoms with Crippen LogP contribution < -0.4 is 0 Å². The molecule has 0 radical (unpaired) electrons. The van der Waals surface area contributed by atoms with Crippen molar-refractivity contribution >= 4 is 5.91 Å². The fourth-order valence-electron chi connectivity index (χ4n) is 2.49. The van der Waals surface area contributed by atoms with Gasteiger partial charge in [0.1, 0.15) is 11.3 Å². The standard InChI is InChI=1S/C19H18N2O2/c1-14-18(12-20-23-14)19(22)21(2)13-15-8-10-17(11-9-15)16-6-4-3-5-7-16/h3-12H,13H2,1-2H3. The molecule has 0 bridgehead atoms. The van der Waals surface area contributed by atoms with Crippen molar-refractivity contribution in [1.29, 1.82) is 0 Å². The molecule has 0 saturated carbocycles. The third-order valence-electron chi connectivity index (χ3n) is 3.81. The van der Waals surface area contributed by atoms with Crippen LogP contribution in [0.1, 0.15) is 21.7 Å². The van der Waals surface area contributed by atoms with Crippen LogP contribution in [0.4, 0.5) is 0 Å². The van der Waals surface area contributed by atoms with Gasteiger partial charge in [-0.3, -0.25) is 4.79 Å². The van der Waals surface area contributed by atoms with Gasteiger partial charge in [-0.2, -0.15) is 0 Å². The summed E-state index contributed by atoms with van der Waals surface area (Å²) in [6.07, 6.45) is 1.46. The zero-order valence-electron chi connectivity index (χ0n) is 13.2. The summed E-state index contributed by atoms with van der Waals surface area (Å²) in [5, 5.41) is 3.65. The van der Waals surface area contributed by atoms with Crippen LogP contribution >= 0.6 is 0 Å². The van der Waals surface area contributed by atoms with Crippen molar-refractivity contribution in [2.75, 3.05) is 7.05 Å². The lowest BCUT2D eigenvalue weighted by atomic mass is 10.0. The van der Waals surface area contributed by atoms with Crippen LogP contribution in [0.15, 0.2) is 65.3 Å². The molecule has 1 heterocycles. The van der Waals surface area contributed by atoms with Gasteiger partial charge < -0.3 is 9.42 Å². The molecule has 0 aliphatic heterocycles. The first-order valence-corrected chi connectivity index (χ1v) is 7.46. The number of amides is 1. The van der Waals surface area contributed by atoms with Gasteiger partial charge in [0.15, 0.2) is 0 Å². The maximum Gasteiger partial charge on any atom is 0.259 e. The number of hydrogen-bond acceptors (Lipinski definition) is 3. The van der Waals surface area contributed by atoms with Crippen molar-refractivity contribution in [3.63, 3.8) is 0 Å². The number of aryl methyl sites for hydroxylation is 1. The van der Waals surface area contributed by atoms with Crippen LogP contribution in [0.2, 0.25) is 0 Å². The molecule has 3 rings (SSSR count). The number of benzene rings is 2. The van der Waals surface area contributed by atoms with E-state index in [-0.39, 0.29) is 5.91 Å². The van der Waals surface area contributed by atoms with Crippen LogP contribution in [0.5, 0.6) is 0 Å². The molecule has 0 unspecified atom stereocenters. The minimum Gasteiger partial charge on any atom is -0.361 e. The minimum atomic E-state index is -0.0871. The normalized spacial score (nSPS) is 10.5. The summed E-state index contributed by atoms with van der Waals surface area (Å²) in [7, 11) is 1.78. The number of carbonyl (C=O) groups excluding carboxylic acids is 1. The van der Waals surface area contributed by atoms with Crippen LogP contribution in [0, 0.1) is 6.92 Å². The number of hydrogen-bond donors (Lipinski definition) is 0. The molecule has 0 spiro atoms. The molecule has 2 aromatic carbocycles. The second kappa shape index (κ2) is 6.48. The molecule has 1 amide bonds. The minimum absolute atomic E-state index is 0.0871. The van der Waals surface area contributed by atoms with E-state index in [1.54, 1.807) is 18.9 Å². The molecule has 4 heteroatoms. The van der Waals surface area contributed by atoms with E-state index >= 15 is 0 Å². The van der Waals surface area contributed by atoms with Gasteiger partial charge in [0.25, 0.3) is 5.91 Å². The molecule has 0 atom stereocenters. The third-order valence-corrected chi connectivity index (χ3v) is 3.81. The summed E-state index contributed by atoms with van der Waals surface area (Å²) in [6, 6.07) is 18.5. The molecule has 0 N–H and O–H groups in total. The Labute approximate surface area is 135 Å². The van der Waals surface area contributed by atoms with E-state index in [1.165, 1.54) is 17.3 Å². The lowest BCUT2D eigenvalue weighted by Gasteiger charge is -2.16. The van der Waals surface area contributed by atoms with Gasteiger partial charge in [0.2, 0.25) is 0 Å². The summed E-state index contributed by atoms with van der Waals surface area (Å²) < 4.78 is 4.95. The van der Waals surface area contributed by atoms with E-state index in [4.69, 9.17) is 4.52 Å². The zero-order valence-corrected chi connectivity index (χ0v) is 13.2. The molecule has 0 aliphatic carbocycles. The highest BCUT2D eigenvalue weighted by Gasteiger charge is 2.17. The topological polar surface area (TPSA) is 46.3 Å². The molecule has 4 nitrogen and oxygen atoms in total. The van der Waals surface area contributed by atoms with E-state index < -0.39 is 0 Å². The van der Waals surface area contributed by atoms with E-state index in [0.717, 1.165) is 5.56 Å². The summed E-state index contributed by atoms with van der Waals surface area (Å²) in [5.41, 5.74) is 3.94. The van der Waals surface area contributed by atoms with Crippen LogP contribution in [0.25, 0.3) is 11.1 Å². The quantitative estimate of drug-likeness (QED) is 0.734. The van der Waals surface area contributed by atoms with Gasteiger partial charge >= 0.3 is 0 Å². The zero-order chi connectivity index (χ0) is 16.2. The second-order valence-corrected chi connectivity index (χ2v) is 5.52. The number of nitrogens with zero attached hydrogens (tertiary/aromatic N) is 2. The Morgan fingerprint density at radius 3 is 2.30 bits per heavy atom. The maximum absolute atomic E-state index is 12.3. The Hall–Kier alpha value is -2.88. The molecule has 1 aromatic heterocycles. The number of carbonyl (C=O) groups is 1. The van der Waals surface area contributed by atoms with E-state index in [1.807, 2.05) is 30.3 Å². The monoisotopic (exact) mass is 306 g/mol. The highest BCUT2D eigenvalue weighted by atomic mass is 16.5. The Morgan fingerprint density at radius 2 is 1.70 bits per heavy atom. The van der Waals surface area contributed by atoms with Crippen molar-refractivity contribution in [2.24, 2.45) is 0 Å². The predicted molar refractivity (Wildman–Crippen MR) is 88.9 cm³/mol. The summed E-state index contributed by atoms with van der Waals surface area (Å²) >= 11 is 0. The van der Waals surface area contributed by atoms with Crippen molar-refractivity contribution in [1.82, 2.24) is 10.1 Å². The summed E-state index contributed by atoms with van der Waals surface area (Å²) in [6.45, 7) is 2.28. The number of rotatable bonds is 4. The van der Waals surface area contributed by atoms with Crippen molar-refractivity contribution in [2.45, 2.75) is 13.5 Å². The Kier molecular flexibility index (Phi) is 4.24. The van der Waals surface area contributed by atoms with E-state index in [2.05, 4.69) is 29.4 Å². The molecule has 3 aromatic rings. The third kappa shape index (κ3) is 3.31. The van der Waals surface area contributed by atoms with Gasteiger partial charge in [0.05, 0.1) is 6.20 Å². The Bertz CT molecular complexity index is 792. The van der Waals surface area contributed by atoms with Gasteiger partial charge in [0, 0.05) is 13.6 Å². The fourth-order valence-corrected chi connectivity index (χ4v) is 2.49. The van der Waals surface area contributed by atoms with E-state index in [9.17, 15) is 4.79 Å². The highest BCUT2D eigenvalue weighted by Crippen LogP contribution is 2.20. The Morgan fingerprint density at radius 1 is 1.04 bits per heavy atom. The fraction of sp³-hybridized carbons (Fsp3) is 0.158. The molecule has 0 saturated heterocycles. The molecular weight excluding hydrogens is 288 g/mol. The second-order valence-electron chi connectivity index (χ2n) is 5.52. The van der Waals surface area contributed by atoms with Crippen molar-refractivity contribution in [3.8, 4) is 11.1 Å². The van der Waals surface area contributed by atoms with Crippen molar-refractivity contribution in [3.05, 3.63) is 77.7 Å². The molecule has 116 valence electrons. The van der Waals surface area contributed by atoms with Gasteiger partial charge in [-0.25, -0.2) is 0 Å². The molecule has 0 fully saturated rings. The molecule has 23 heavy (non-hydrogen) atoms. The molecule has 0 aliphatic rings. The molecular formula is C19H18N2O2. The first kappa shape index (κ1) is 15.0. The average Bonchev–Trinajstić information content (AvgIpc) is 3.01. The maximum atomic E-state index is 12.3. The SMILES string of the molecule is Cc1oncc1C(=O)N(C)Cc1ccc(-c2ccccc2)cc1. The van der Waals surface area contributed by atoms with Crippen LogP contribution in [0.3, 0.4) is 0 Å². The first-order chi connectivity index (χ1) is 11.1. The Balaban J connectivity index is 1.71.